The zero-order valence-corrected chi connectivity index (χ0v) is 13.3. The van der Waals surface area contributed by atoms with Crippen LogP contribution in [0.25, 0.3) is 10.9 Å². The number of rotatable bonds is 3. The van der Waals surface area contributed by atoms with Gasteiger partial charge in [0.1, 0.15) is 35.5 Å². The highest BCUT2D eigenvalue weighted by atomic mass is 16.5. The van der Waals surface area contributed by atoms with Crippen LogP contribution < -0.4 is 9.64 Å². The first-order valence-electron chi connectivity index (χ1n) is 7.84. The number of nitrogens with zero attached hydrogens (tertiary/aromatic N) is 5. The summed E-state index contributed by atoms with van der Waals surface area (Å²) in [6, 6.07) is 17.2. The summed E-state index contributed by atoms with van der Waals surface area (Å²) in [5.74, 6) is 1.32. The summed E-state index contributed by atoms with van der Waals surface area (Å²) in [6.45, 7) is 1.29. The molecular weight excluding hydrogens is 314 g/mol. The normalized spacial score (nSPS) is 13.8. The number of ether oxygens (including phenoxy) is 1. The van der Waals surface area contributed by atoms with E-state index in [1.54, 1.807) is 18.3 Å². The number of fused-ring (bicyclic) bond motifs is 1. The van der Waals surface area contributed by atoms with Crippen molar-refractivity contribution < 1.29 is 4.74 Å². The second kappa shape index (κ2) is 6.10. The topological polar surface area (TPSA) is 85.8 Å². The maximum absolute atomic E-state index is 9.42. The van der Waals surface area contributed by atoms with Crippen molar-refractivity contribution in [3.8, 4) is 17.9 Å². The lowest BCUT2D eigenvalue weighted by atomic mass is 10.1. The Bertz CT molecular complexity index is 1030. The second-order valence-corrected chi connectivity index (χ2v) is 5.80. The van der Waals surface area contributed by atoms with E-state index in [9.17, 15) is 5.26 Å². The minimum Gasteiger partial charge on any atom is -0.487 e. The molecule has 4 rings (SSSR count). The first-order valence-corrected chi connectivity index (χ1v) is 7.84. The third-order valence-corrected chi connectivity index (χ3v) is 4.12. The highest BCUT2D eigenvalue weighted by molar-refractivity contribution is 5.83. The van der Waals surface area contributed by atoms with Crippen molar-refractivity contribution in [2.45, 2.75) is 6.10 Å². The average Bonchev–Trinajstić information content (AvgIpc) is 2.63. The van der Waals surface area contributed by atoms with Crippen molar-refractivity contribution in [2.75, 3.05) is 18.0 Å². The van der Waals surface area contributed by atoms with Crippen LogP contribution in [0.5, 0.6) is 5.75 Å². The van der Waals surface area contributed by atoms with Gasteiger partial charge >= 0.3 is 0 Å². The van der Waals surface area contributed by atoms with E-state index in [0.717, 1.165) is 10.9 Å². The lowest BCUT2D eigenvalue weighted by Crippen LogP contribution is -2.54. The largest absolute Gasteiger partial charge is 0.487 e. The monoisotopic (exact) mass is 327 g/mol. The van der Waals surface area contributed by atoms with Gasteiger partial charge in [0, 0.05) is 17.6 Å². The molecule has 0 aliphatic carbocycles. The van der Waals surface area contributed by atoms with E-state index in [2.05, 4.69) is 16.0 Å². The van der Waals surface area contributed by atoms with E-state index >= 15 is 0 Å². The van der Waals surface area contributed by atoms with Crippen LogP contribution in [-0.2, 0) is 0 Å². The summed E-state index contributed by atoms with van der Waals surface area (Å²) in [5.41, 5.74) is 1.76. The molecule has 6 heteroatoms. The summed E-state index contributed by atoms with van der Waals surface area (Å²) in [5, 5.41) is 19.3. The Hall–Kier alpha value is -3.64. The predicted molar refractivity (Wildman–Crippen MR) is 92.0 cm³/mol. The van der Waals surface area contributed by atoms with E-state index in [4.69, 9.17) is 10.00 Å². The van der Waals surface area contributed by atoms with Crippen molar-refractivity contribution in [3.05, 3.63) is 59.9 Å². The van der Waals surface area contributed by atoms with Crippen LogP contribution in [0.3, 0.4) is 0 Å². The zero-order chi connectivity index (χ0) is 17.2. The quantitative estimate of drug-likeness (QED) is 0.735. The molecule has 0 N–H and O–H groups in total. The molecule has 1 aliphatic heterocycles. The average molecular weight is 327 g/mol. The summed E-state index contributed by atoms with van der Waals surface area (Å²) in [4.78, 5) is 10.6. The van der Waals surface area contributed by atoms with Crippen LogP contribution in [0.2, 0.25) is 0 Å². The first-order chi connectivity index (χ1) is 12.3. The molecule has 0 unspecified atom stereocenters. The summed E-state index contributed by atoms with van der Waals surface area (Å²) in [7, 11) is 0. The van der Waals surface area contributed by atoms with Gasteiger partial charge in [-0.1, -0.05) is 18.2 Å². The Balaban J connectivity index is 1.51. The van der Waals surface area contributed by atoms with E-state index in [-0.39, 0.29) is 6.10 Å². The SMILES string of the molecule is N#Cc1cc(OC2CN(c3nc4ccccc4cc3C#N)C2)ccn1. The lowest BCUT2D eigenvalue weighted by molar-refractivity contribution is 0.166. The first kappa shape index (κ1) is 14.9. The molecule has 1 fully saturated rings. The summed E-state index contributed by atoms with van der Waals surface area (Å²) >= 11 is 0. The molecule has 3 heterocycles. The fourth-order valence-electron chi connectivity index (χ4n) is 2.85. The van der Waals surface area contributed by atoms with Crippen LogP contribution in [-0.4, -0.2) is 29.2 Å². The van der Waals surface area contributed by atoms with Crippen molar-refractivity contribution >= 4 is 16.7 Å². The molecule has 120 valence electrons. The Labute approximate surface area is 144 Å². The number of hydrogen-bond acceptors (Lipinski definition) is 6. The molecule has 25 heavy (non-hydrogen) atoms. The van der Waals surface area contributed by atoms with Crippen molar-refractivity contribution in [1.82, 2.24) is 9.97 Å². The van der Waals surface area contributed by atoms with E-state index in [0.29, 0.717) is 35.9 Å². The molecular formula is C19H13N5O. The third-order valence-electron chi connectivity index (χ3n) is 4.12. The van der Waals surface area contributed by atoms with Gasteiger partial charge in [0.15, 0.2) is 0 Å². The highest BCUT2D eigenvalue weighted by Crippen LogP contribution is 2.28. The molecule has 0 radical (unpaired) electrons. The summed E-state index contributed by atoms with van der Waals surface area (Å²) < 4.78 is 5.86. The van der Waals surface area contributed by atoms with Gasteiger partial charge in [-0.15, -0.1) is 0 Å². The van der Waals surface area contributed by atoms with Gasteiger partial charge < -0.3 is 9.64 Å². The van der Waals surface area contributed by atoms with Crippen LogP contribution >= 0.6 is 0 Å². The number of anilines is 1. The van der Waals surface area contributed by atoms with Crippen molar-refractivity contribution in [2.24, 2.45) is 0 Å². The lowest BCUT2D eigenvalue weighted by Gasteiger charge is -2.40. The number of nitriles is 2. The maximum atomic E-state index is 9.42. The Morgan fingerprint density at radius 3 is 2.72 bits per heavy atom. The maximum Gasteiger partial charge on any atom is 0.147 e. The molecule has 1 saturated heterocycles. The molecule has 0 atom stereocenters. The minimum atomic E-state index is -0.00578. The van der Waals surface area contributed by atoms with Gasteiger partial charge in [-0.25, -0.2) is 9.97 Å². The molecule has 0 bridgehead atoms. The zero-order valence-electron chi connectivity index (χ0n) is 13.3. The van der Waals surface area contributed by atoms with E-state index in [1.165, 1.54) is 0 Å². The minimum absolute atomic E-state index is 0.00578. The number of pyridine rings is 2. The Morgan fingerprint density at radius 1 is 1.08 bits per heavy atom. The Kier molecular flexibility index (Phi) is 3.64. The van der Waals surface area contributed by atoms with Gasteiger partial charge in [0.2, 0.25) is 0 Å². The van der Waals surface area contributed by atoms with Crippen LogP contribution in [0.1, 0.15) is 11.3 Å². The smallest absolute Gasteiger partial charge is 0.147 e. The molecule has 2 aromatic heterocycles. The third kappa shape index (κ3) is 2.82. The van der Waals surface area contributed by atoms with Crippen LogP contribution in [0.4, 0.5) is 5.82 Å². The molecule has 1 aromatic carbocycles. The molecule has 3 aromatic rings. The second-order valence-electron chi connectivity index (χ2n) is 5.80. The van der Waals surface area contributed by atoms with Crippen LogP contribution in [0.15, 0.2) is 48.7 Å². The molecule has 1 aliphatic rings. The fraction of sp³-hybridized carbons (Fsp3) is 0.158. The number of aromatic nitrogens is 2. The van der Waals surface area contributed by atoms with Gasteiger partial charge in [0.05, 0.1) is 24.2 Å². The van der Waals surface area contributed by atoms with Gasteiger partial charge in [-0.2, -0.15) is 10.5 Å². The van der Waals surface area contributed by atoms with Gasteiger partial charge in [-0.05, 0) is 18.2 Å². The predicted octanol–water partition coefficient (Wildman–Crippen LogP) is 2.64. The van der Waals surface area contributed by atoms with E-state index in [1.807, 2.05) is 41.3 Å². The van der Waals surface area contributed by atoms with Gasteiger partial charge in [0.25, 0.3) is 0 Å². The molecule has 0 saturated carbocycles. The molecule has 0 amide bonds. The van der Waals surface area contributed by atoms with Crippen molar-refractivity contribution in [3.63, 3.8) is 0 Å². The van der Waals surface area contributed by atoms with Crippen molar-refractivity contribution in [1.29, 1.82) is 10.5 Å². The number of para-hydroxylation sites is 1. The number of benzene rings is 1. The number of hydrogen-bond donors (Lipinski definition) is 0. The standard InChI is InChI=1S/C19H13N5O/c20-9-14-7-13-3-1-2-4-18(13)23-19(14)24-11-17(12-24)25-16-5-6-22-15(8-16)10-21/h1-8,17H,11-12H2. The summed E-state index contributed by atoms with van der Waals surface area (Å²) in [6.07, 6.45) is 1.55. The molecule has 0 spiro atoms. The molecule has 6 nitrogen and oxygen atoms in total. The van der Waals surface area contributed by atoms with Crippen LogP contribution in [0, 0.1) is 22.7 Å². The Morgan fingerprint density at radius 2 is 1.92 bits per heavy atom. The van der Waals surface area contributed by atoms with E-state index < -0.39 is 0 Å². The fourth-order valence-corrected chi connectivity index (χ4v) is 2.85. The van der Waals surface area contributed by atoms with Gasteiger partial charge in [-0.3, -0.25) is 0 Å². The highest BCUT2D eigenvalue weighted by Gasteiger charge is 2.31.